The molecule has 51 heavy (non-hydrogen) atoms. The van der Waals surface area contributed by atoms with Gasteiger partial charge in [-0.15, -0.1) is 0 Å². The maximum atomic E-state index is 15.7. The third kappa shape index (κ3) is 10.9. The number of carbonyl (C=O) groups is 1. The second kappa shape index (κ2) is 16.1. The Balaban J connectivity index is 2.34. The van der Waals surface area contributed by atoms with Crippen molar-refractivity contribution in [1.29, 1.82) is 0 Å². The van der Waals surface area contributed by atoms with Crippen LogP contribution in [0.15, 0.2) is 65.8 Å². The summed E-state index contributed by atoms with van der Waals surface area (Å²) >= 11 is 0. The number of hydrogen-bond acceptors (Lipinski definition) is 10. The maximum Gasteiger partial charge on any atom is 0.471 e. The molecule has 3 rings (SSSR count). The number of benzene rings is 3. The molecule has 0 unspecified atom stereocenters. The van der Waals surface area contributed by atoms with Gasteiger partial charge in [0, 0.05) is 12.1 Å². The molecule has 0 N–H and O–H groups in total. The molecule has 0 bridgehead atoms. The van der Waals surface area contributed by atoms with Gasteiger partial charge in [-0.1, -0.05) is 29.4 Å². The highest BCUT2D eigenvalue weighted by Crippen LogP contribution is 2.52. The van der Waals surface area contributed by atoms with Crippen molar-refractivity contribution >= 4 is 31.8 Å². The molecule has 0 aromatic heterocycles. The quantitative estimate of drug-likeness (QED) is 0.0956. The molecule has 0 aliphatic heterocycles. The highest BCUT2D eigenvalue weighted by atomic mass is 32.2. The molecule has 0 aliphatic rings. The van der Waals surface area contributed by atoms with E-state index in [2.05, 4.69) is 0 Å². The Morgan fingerprint density at radius 3 is 1.88 bits per heavy atom. The van der Waals surface area contributed by atoms with E-state index in [1.165, 1.54) is 43.5 Å². The number of alkyl halides is 3. The third-order valence-corrected chi connectivity index (χ3v) is 7.73. The second-order valence-electron chi connectivity index (χ2n) is 11.6. The Bertz CT molecular complexity index is 2070. The first-order valence-electron chi connectivity index (χ1n) is 14.9. The van der Waals surface area contributed by atoms with E-state index in [-0.39, 0.29) is 56.8 Å². The topological polar surface area (TPSA) is 135 Å². The molecule has 0 fully saturated rings. The molecule has 0 heterocycles. The van der Waals surface area contributed by atoms with Crippen LogP contribution in [0, 0.1) is 5.82 Å². The smallest absolute Gasteiger partial charge is 0.471 e. The lowest BCUT2D eigenvalue weighted by atomic mass is 9.96. The van der Waals surface area contributed by atoms with Crippen LogP contribution in [0.2, 0.25) is 0 Å². The Morgan fingerprint density at radius 1 is 0.765 bits per heavy atom. The van der Waals surface area contributed by atoms with E-state index >= 15 is 4.39 Å². The minimum absolute atomic E-state index is 0.0190. The van der Waals surface area contributed by atoms with E-state index in [9.17, 15) is 34.8 Å². The van der Waals surface area contributed by atoms with Crippen LogP contribution in [-0.4, -0.2) is 68.8 Å². The second-order valence-corrected chi connectivity index (χ2v) is 14.7. The molecule has 0 atom stereocenters. The van der Waals surface area contributed by atoms with Crippen LogP contribution in [0.4, 0.5) is 23.2 Å². The summed E-state index contributed by atoms with van der Waals surface area (Å²) in [6, 6.07) is 8.42. The summed E-state index contributed by atoms with van der Waals surface area (Å²) in [6.07, 6.45) is -0.659. The molecule has 0 saturated heterocycles. The van der Waals surface area contributed by atoms with Crippen molar-refractivity contribution in [2.45, 2.75) is 33.9 Å². The van der Waals surface area contributed by atoms with Crippen molar-refractivity contribution in [2.24, 2.45) is 0 Å². The van der Waals surface area contributed by atoms with E-state index in [1.54, 1.807) is 19.9 Å². The number of ether oxygens (including phenoxy) is 3. The van der Waals surface area contributed by atoms with Crippen molar-refractivity contribution in [1.82, 2.24) is 0 Å². The van der Waals surface area contributed by atoms with E-state index in [4.69, 9.17) is 22.6 Å². The summed E-state index contributed by atoms with van der Waals surface area (Å²) in [4.78, 5) is 12.5. The Labute approximate surface area is 294 Å². The van der Waals surface area contributed by atoms with Crippen LogP contribution in [0.25, 0.3) is 22.3 Å². The number of rotatable bonds is 14. The van der Waals surface area contributed by atoms with Gasteiger partial charge >= 0.3 is 32.3 Å². The Morgan fingerprint density at radius 2 is 1.37 bits per heavy atom. The van der Waals surface area contributed by atoms with Crippen molar-refractivity contribution in [3.05, 3.63) is 71.6 Å². The average molecular weight is 760 g/mol. The highest BCUT2D eigenvalue weighted by molar-refractivity contribution is 7.86. The summed E-state index contributed by atoms with van der Waals surface area (Å²) < 4.78 is 133. The fourth-order valence-corrected chi connectivity index (χ4v) is 5.54. The summed E-state index contributed by atoms with van der Waals surface area (Å²) in [6.45, 7) is 6.38. The summed E-state index contributed by atoms with van der Waals surface area (Å²) in [5.74, 6) is -4.52. The first-order valence-corrected chi connectivity index (χ1v) is 18.5. The zero-order chi connectivity index (χ0) is 38.5. The lowest BCUT2D eigenvalue weighted by Gasteiger charge is -2.24. The van der Waals surface area contributed by atoms with Gasteiger partial charge in [0.1, 0.15) is 18.2 Å². The van der Waals surface area contributed by atoms with Crippen LogP contribution in [-0.2, 0) is 25.0 Å². The SMILES string of the molecule is COc1cc(-c2ccc(N(CC=C(C)C)C(=O)C(F)(F)F)c(F)c2)c(OC)c(OS(C)(=O)=O)c1-c1ccc(OCC=C(C)C)c(OS(C)(=O)=O)c1. The molecule has 3 aromatic carbocycles. The van der Waals surface area contributed by atoms with Gasteiger partial charge in [-0.05, 0) is 75.2 Å². The molecular weight excluding hydrogens is 722 g/mol. The van der Waals surface area contributed by atoms with Gasteiger partial charge in [0.15, 0.2) is 23.0 Å². The average Bonchev–Trinajstić information content (AvgIpc) is 2.99. The molecule has 0 spiro atoms. The van der Waals surface area contributed by atoms with Crippen molar-refractivity contribution < 1.29 is 61.8 Å². The third-order valence-electron chi connectivity index (χ3n) is 6.78. The van der Waals surface area contributed by atoms with Gasteiger partial charge in [0.05, 0.1) is 38.0 Å². The zero-order valence-electron chi connectivity index (χ0n) is 29.0. The van der Waals surface area contributed by atoms with Crippen LogP contribution in [0.1, 0.15) is 27.7 Å². The zero-order valence-corrected chi connectivity index (χ0v) is 30.6. The first-order chi connectivity index (χ1) is 23.6. The normalized spacial score (nSPS) is 11.7. The van der Waals surface area contributed by atoms with Gasteiger partial charge in [0.25, 0.3) is 0 Å². The number of carbonyl (C=O) groups excluding carboxylic acids is 1. The number of methoxy groups -OCH3 is 2. The van der Waals surface area contributed by atoms with E-state index in [0.717, 1.165) is 37.3 Å². The van der Waals surface area contributed by atoms with Crippen molar-refractivity contribution in [3.63, 3.8) is 0 Å². The van der Waals surface area contributed by atoms with Crippen LogP contribution in [0.5, 0.6) is 28.7 Å². The lowest BCUT2D eigenvalue weighted by molar-refractivity contribution is -0.170. The van der Waals surface area contributed by atoms with E-state index in [0.29, 0.717) is 5.57 Å². The minimum atomic E-state index is -5.30. The standard InChI is InChI=1S/C34H37F4NO10S2/c1-20(2)13-15-39(33(40)34(36,37)38)26-11-9-22(17-25(26)35)24-19-29(45-5)30(32(31(24)46-6)49-51(8,43)44)23-10-12-27(47-16-14-21(3)4)28(18-23)48-50(7,41)42/h9-14,17-19H,15-16H2,1-8H3. The summed E-state index contributed by atoms with van der Waals surface area (Å²) in [7, 11) is -6.01. The van der Waals surface area contributed by atoms with Crippen LogP contribution >= 0.6 is 0 Å². The number of nitrogens with zero attached hydrogens (tertiary/aromatic N) is 1. The van der Waals surface area contributed by atoms with Gasteiger partial charge in [-0.25, -0.2) is 4.39 Å². The number of allylic oxidation sites excluding steroid dienone is 2. The van der Waals surface area contributed by atoms with Gasteiger partial charge in [0.2, 0.25) is 0 Å². The summed E-state index contributed by atoms with van der Waals surface area (Å²) in [5.41, 5.74) is 0.866. The van der Waals surface area contributed by atoms with Crippen molar-refractivity contribution in [3.8, 4) is 51.0 Å². The Kier molecular flexibility index (Phi) is 12.8. The molecule has 0 radical (unpaired) electrons. The molecule has 17 heteroatoms. The molecule has 1 amide bonds. The fourth-order valence-electron chi connectivity index (χ4n) is 4.62. The Hall–Kier alpha value is -4.77. The molecule has 0 aliphatic carbocycles. The minimum Gasteiger partial charge on any atom is -0.496 e. The van der Waals surface area contributed by atoms with E-state index < -0.39 is 56.1 Å². The monoisotopic (exact) mass is 759 g/mol. The van der Waals surface area contributed by atoms with Gasteiger partial charge in [-0.2, -0.15) is 30.0 Å². The van der Waals surface area contributed by atoms with Gasteiger partial charge in [-0.3, -0.25) is 9.69 Å². The molecular formula is C34H37F4NO10S2. The van der Waals surface area contributed by atoms with E-state index in [1.807, 2.05) is 13.8 Å². The maximum absolute atomic E-state index is 15.7. The number of hydrogen-bond donors (Lipinski definition) is 0. The molecule has 3 aromatic rings. The molecule has 278 valence electrons. The highest BCUT2D eigenvalue weighted by Gasteiger charge is 2.43. The predicted molar refractivity (Wildman–Crippen MR) is 184 cm³/mol. The number of amides is 1. The lowest BCUT2D eigenvalue weighted by Crippen LogP contribution is -2.42. The van der Waals surface area contributed by atoms with Crippen LogP contribution < -0.4 is 27.5 Å². The number of anilines is 1. The molecule has 11 nitrogen and oxygen atoms in total. The molecule has 0 saturated carbocycles. The summed E-state index contributed by atoms with van der Waals surface area (Å²) in [5, 5.41) is 0. The van der Waals surface area contributed by atoms with Gasteiger partial charge < -0.3 is 22.6 Å². The van der Waals surface area contributed by atoms with Crippen LogP contribution in [0.3, 0.4) is 0 Å². The predicted octanol–water partition coefficient (Wildman–Crippen LogP) is 7.06. The number of halogens is 4. The fraction of sp³-hybridized carbons (Fsp3) is 0.324. The van der Waals surface area contributed by atoms with Crippen molar-refractivity contribution in [2.75, 3.05) is 44.8 Å². The first kappa shape index (κ1) is 40.7. The largest absolute Gasteiger partial charge is 0.496 e.